The van der Waals surface area contributed by atoms with Gasteiger partial charge in [-0.3, -0.25) is 4.79 Å². The van der Waals surface area contributed by atoms with Crippen LogP contribution in [0.25, 0.3) is 0 Å². The second-order valence-corrected chi connectivity index (χ2v) is 10.5. The third-order valence-corrected chi connectivity index (χ3v) is 9.13. The first-order chi connectivity index (χ1) is 11.2. The minimum atomic E-state index is -0.330. The summed E-state index contributed by atoms with van der Waals surface area (Å²) in [6.45, 7) is 9.25. The third-order valence-electron chi connectivity index (χ3n) is 9.13. The molecule has 4 aliphatic carbocycles. The van der Waals surface area contributed by atoms with Gasteiger partial charge in [0.1, 0.15) is 0 Å². The van der Waals surface area contributed by atoms with Gasteiger partial charge >= 0.3 is 0 Å². The number of hydrogen-bond donors (Lipinski definition) is 1. The molecule has 4 aliphatic rings. The Hall–Kier alpha value is -0.790. The van der Waals surface area contributed by atoms with E-state index in [4.69, 9.17) is 0 Å². The van der Waals surface area contributed by atoms with Gasteiger partial charge in [-0.1, -0.05) is 34.1 Å². The molecule has 0 spiro atoms. The molecule has 0 bridgehead atoms. The SMILES string of the molecule is CC1(C)C(=O)/C(=C\O)C[C@]2(C)[C@@H]3CC[C@@]4(C)CCC[C@@H]4[C@@H]3CC[C@@H]12. The average Bonchev–Trinajstić information content (AvgIpc) is 2.93. The van der Waals surface area contributed by atoms with Crippen LogP contribution in [0.5, 0.6) is 0 Å². The maximum atomic E-state index is 12.8. The molecule has 4 fully saturated rings. The molecule has 0 aromatic heterocycles. The minimum Gasteiger partial charge on any atom is -0.515 e. The van der Waals surface area contributed by atoms with E-state index in [1.165, 1.54) is 44.9 Å². The predicted octanol–water partition coefficient (Wildman–Crippen LogP) is 5.68. The minimum absolute atomic E-state index is 0.179. The third kappa shape index (κ3) is 1.98. The monoisotopic (exact) mass is 330 g/mol. The largest absolute Gasteiger partial charge is 0.515 e. The van der Waals surface area contributed by atoms with Crippen LogP contribution in [0.4, 0.5) is 0 Å². The Bertz CT molecular complexity index is 589. The second-order valence-electron chi connectivity index (χ2n) is 10.5. The van der Waals surface area contributed by atoms with Gasteiger partial charge in [0, 0.05) is 11.0 Å². The molecule has 6 atom stereocenters. The van der Waals surface area contributed by atoms with Crippen molar-refractivity contribution in [1.82, 2.24) is 0 Å². The van der Waals surface area contributed by atoms with Crippen LogP contribution in [0.2, 0.25) is 0 Å². The van der Waals surface area contributed by atoms with Gasteiger partial charge in [0.15, 0.2) is 5.78 Å². The fourth-order valence-electron chi connectivity index (χ4n) is 8.06. The van der Waals surface area contributed by atoms with E-state index in [-0.39, 0.29) is 16.6 Å². The van der Waals surface area contributed by atoms with Crippen LogP contribution >= 0.6 is 0 Å². The highest BCUT2D eigenvalue weighted by Crippen LogP contribution is 2.68. The quantitative estimate of drug-likeness (QED) is 0.458. The van der Waals surface area contributed by atoms with Crippen LogP contribution in [0.3, 0.4) is 0 Å². The lowest BCUT2D eigenvalue weighted by atomic mass is 9.41. The molecule has 4 rings (SSSR count). The van der Waals surface area contributed by atoms with Gasteiger partial charge in [0.2, 0.25) is 0 Å². The number of aliphatic hydroxyl groups is 1. The summed E-state index contributed by atoms with van der Waals surface area (Å²) in [7, 11) is 0. The van der Waals surface area contributed by atoms with Crippen molar-refractivity contribution in [3.8, 4) is 0 Å². The Morgan fingerprint density at radius 1 is 1.00 bits per heavy atom. The van der Waals surface area contributed by atoms with Crippen molar-refractivity contribution in [3.63, 3.8) is 0 Å². The zero-order valence-electron chi connectivity index (χ0n) is 15.9. The Labute approximate surface area is 147 Å². The van der Waals surface area contributed by atoms with E-state index in [1.807, 2.05) is 0 Å². The van der Waals surface area contributed by atoms with Crippen molar-refractivity contribution in [2.24, 2.45) is 39.9 Å². The van der Waals surface area contributed by atoms with Crippen LogP contribution in [-0.4, -0.2) is 10.9 Å². The van der Waals surface area contributed by atoms with Gasteiger partial charge in [-0.05, 0) is 79.4 Å². The maximum Gasteiger partial charge on any atom is 0.167 e. The molecule has 2 heteroatoms. The first kappa shape index (κ1) is 16.7. The van der Waals surface area contributed by atoms with E-state index in [0.717, 1.165) is 30.4 Å². The number of rotatable bonds is 0. The lowest BCUT2D eigenvalue weighted by Gasteiger charge is -2.63. The number of fused-ring (bicyclic) bond motifs is 5. The summed E-state index contributed by atoms with van der Waals surface area (Å²) in [4.78, 5) is 12.8. The molecule has 0 aromatic rings. The Kier molecular flexibility index (Phi) is 3.55. The van der Waals surface area contributed by atoms with E-state index in [0.29, 0.717) is 16.9 Å². The van der Waals surface area contributed by atoms with Crippen LogP contribution in [-0.2, 0) is 4.79 Å². The van der Waals surface area contributed by atoms with Crippen LogP contribution < -0.4 is 0 Å². The Morgan fingerprint density at radius 3 is 2.46 bits per heavy atom. The molecule has 0 aromatic carbocycles. The van der Waals surface area contributed by atoms with E-state index in [1.54, 1.807) is 0 Å². The van der Waals surface area contributed by atoms with E-state index >= 15 is 0 Å². The lowest BCUT2D eigenvalue weighted by Crippen LogP contribution is -2.58. The van der Waals surface area contributed by atoms with Crippen molar-refractivity contribution < 1.29 is 9.90 Å². The fraction of sp³-hybridized carbons (Fsp3) is 0.864. The summed E-state index contributed by atoms with van der Waals surface area (Å²) in [5.41, 5.74) is 1.11. The molecule has 0 amide bonds. The van der Waals surface area contributed by atoms with Gasteiger partial charge < -0.3 is 5.11 Å². The number of carbonyl (C=O) groups excluding carboxylic acids is 1. The normalized spacial score (nSPS) is 51.8. The standard InChI is InChI=1S/C22H34O2/c1-20(2)18-8-7-15-16-6-5-10-21(16,3)11-9-17(15)22(18,4)12-14(13-23)19(20)24/h13,15-18,23H,5-12H2,1-4H3/b14-13-/t15-,16+,17+,18-,21+,22+/m0/s1. The van der Waals surface area contributed by atoms with Crippen molar-refractivity contribution in [1.29, 1.82) is 0 Å². The van der Waals surface area contributed by atoms with Gasteiger partial charge in [0.25, 0.3) is 0 Å². The van der Waals surface area contributed by atoms with Crippen LogP contribution in [0.15, 0.2) is 11.8 Å². The molecule has 0 aliphatic heterocycles. The predicted molar refractivity (Wildman–Crippen MR) is 96.6 cm³/mol. The number of aliphatic hydroxyl groups excluding tert-OH is 1. The van der Waals surface area contributed by atoms with Crippen molar-refractivity contribution in [2.45, 2.75) is 79.1 Å². The molecule has 2 nitrogen and oxygen atoms in total. The van der Waals surface area contributed by atoms with E-state index in [2.05, 4.69) is 27.7 Å². The smallest absolute Gasteiger partial charge is 0.167 e. The molecule has 134 valence electrons. The van der Waals surface area contributed by atoms with Crippen LogP contribution in [0.1, 0.15) is 79.1 Å². The number of hydrogen-bond acceptors (Lipinski definition) is 2. The topological polar surface area (TPSA) is 37.3 Å². The summed E-state index contributed by atoms with van der Waals surface area (Å²) in [5.74, 6) is 3.13. The van der Waals surface area contributed by atoms with Crippen molar-refractivity contribution >= 4 is 5.78 Å². The molecule has 0 unspecified atom stereocenters. The summed E-state index contributed by atoms with van der Waals surface area (Å²) in [6.07, 6.45) is 11.4. The highest BCUT2D eigenvalue weighted by Gasteiger charge is 2.62. The van der Waals surface area contributed by atoms with Crippen molar-refractivity contribution in [2.75, 3.05) is 0 Å². The molecule has 0 radical (unpaired) electrons. The lowest BCUT2D eigenvalue weighted by molar-refractivity contribution is -0.154. The molecule has 24 heavy (non-hydrogen) atoms. The van der Waals surface area contributed by atoms with Gasteiger partial charge in [0.05, 0.1) is 6.26 Å². The fourth-order valence-corrected chi connectivity index (χ4v) is 8.06. The summed E-state index contributed by atoms with van der Waals surface area (Å²) in [5, 5.41) is 9.70. The number of Topliss-reactive ketones (excluding diaryl/α,β-unsaturated/α-hetero) is 1. The van der Waals surface area contributed by atoms with Crippen molar-refractivity contribution in [3.05, 3.63) is 11.8 Å². The zero-order chi connectivity index (χ0) is 17.3. The Balaban J connectivity index is 1.73. The molecular formula is C22H34O2. The highest BCUT2D eigenvalue weighted by atomic mass is 16.2. The highest BCUT2D eigenvalue weighted by molar-refractivity contribution is 6.00. The average molecular weight is 331 g/mol. The summed E-state index contributed by atoms with van der Waals surface area (Å²) in [6, 6.07) is 0. The van der Waals surface area contributed by atoms with E-state index in [9.17, 15) is 9.90 Å². The van der Waals surface area contributed by atoms with Gasteiger partial charge in [-0.15, -0.1) is 0 Å². The van der Waals surface area contributed by atoms with E-state index < -0.39 is 0 Å². The summed E-state index contributed by atoms with van der Waals surface area (Å²) >= 11 is 0. The molecule has 0 saturated heterocycles. The Morgan fingerprint density at radius 2 is 1.75 bits per heavy atom. The summed E-state index contributed by atoms with van der Waals surface area (Å²) < 4.78 is 0. The molecule has 4 saturated carbocycles. The number of allylic oxidation sites excluding steroid dienone is 1. The zero-order valence-corrected chi connectivity index (χ0v) is 15.9. The molecule has 0 heterocycles. The number of carbonyl (C=O) groups is 1. The first-order valence-corrected chi connectivity index (χ1v) is 10.1. The van der Waals surface area contributed by atoms with Crippen LogP contribution in [0, 0.1) is 39.9 Å². The van der Waals surface area contributed by atoms with Gasteiger partial charge in [-0.2, -0.15) is 0 Å². The van der Waals surface area contributed by atoms with Gasteiger partial charge in [-0.25, -0.2) is 0 Å². The number of ketones is 1. The second kappa shape index (κ2) is 5.11. The maximum absolute atomic E-state index is 12.8. The molecule has 1 N–H and O–H groups in total. The molecular weight excluding hydrogens is 296 g/mol. The first-order valence-electron chi connectivity index (χ1n) is 10.1.